The van der Waals surface area contributed by atoms with Crippen molar-refractivity contribution in [1.82, 2.24) is 14.8 Å². The zero-order chi connectivity index (χ0) is 16.1. The third-order valence-electron chi connectivity index (χ3n) is 4.65. The summed E-state index contributed by atoms with van der Waals surface area (Å²) in [7, 11) is 0. The molecule has 5 nitrogen and oxygen atoms in total. The maximum Gasteiger partial charge on any atom is 0.191 e. The Morgan fingerprint density at radius 3 is 2.88 bits per heavy atom. The van der Waals surface area contributed by atoms with Gasteiger partial charge in [-0.25, -0.2) is 4.39 Å². The van der Waals surface area contributed by atoms with Crippen LogP contribution in [-0.2, 0) is 17.1 Å². The molecule has 5 rings (SSSR count). The van der Waals surface area contributed by atoms with Gasteiger partial charge in [-0.2, -0.15) is 0 Å². The molecule has 0 N–H and O–H groups in total. The van der Waals surface area contributed by atoms with Crippen LogP contribution in [0.25, 0.3) is 0 Å². The van der Waals surface area contributed by atoms with Crippen LogP contribution in [0.4, 0.5) is 4.39 Å². The monoisotopic (exact) mass is 347 g/mol. The summed E-state index contributed by atoms with van der Waals surface area (Å²) < 4.78 is 27.0. The van der Waals surface area contributed by atoms with E-state index >= 15 is 0 Å². The molecule has 1 aromatic heterocycles. The lowest BCUT2D eigenvalue weighted by molar-refractivity contribution is -0.0171. The molecule has 1 aromatic carbocycles. The molecule has 7 heteroatoms. The Morgan fingerprint density at radius 1 is 1.21 bits per heavy atom. The molecule has 0 amide bonds. The highest BCUT2D eigenvalue weighted by Gasteiger charge is 2.36. The van der Waals surface area contributed by atoms with E-state index in [0.29, 0.717) is 24.3 Å². The topological polar surface area (TPSA) is 49.2 Å². The average molecular weight is 347 g/mol. The van der Waals surface area contributed by atoms with Crippen molar-refractivity contribution in [2.45, 2.75) is 55.2 Å². The van der Waals surface area contributed by atoms with Gasteiger partial charge in [0.2, 0.25) is 0 Å². The van der Waals surface area contributed by atoms with Crippen LogP contribution in [-0.4, -0.2) is 21.6 Å². The van der Waals surface area contributed by atoms with Gasteiger partial charge in [-0.15, -0.1) is 10.2 Å². The molecule has 126 valence electrons. The van der Waals surface area contributed by atoms with Gasteiger partial charge >= 0.3 is 0 Å². The molecule has 0 saturated heterocycles. The van der Waals surface area contributed by atoms with E-state index in [1.807, 2.05) is 0 Å². The van der Waals surface area contributed by atoms with E-state index in [2.05, 4.69) is 14.8 Å². The molecular formula is C17H18FN3O2S. The van der Waals surface area contributed by atoms with Gasteiger partial charge in [-0.3, -0.25) is 0 Å². The first kappa shape index (κ1) is 14.7. The van der Waals surface area contributed by atoms with E-state index in [1.165, 1.54) is 31.7 Å². The van der Waals surface area contributed by atoms with E-state index in [4.69, 9.17) is 9.47 Å². The van der Waals surface area contributed by atoms with Crippen LogP contribution in [0.3, 0.4) is 0 Å². The fourth-order valence-corrected chi connectivity index (χ4v) is 4.17. The number of thioether (sulfide) groups is 1. The lowest BCUT2D eigenvalue weighted by Gasteiger charge is -2.20. The number of fused-ring (bicyclic) bond motifs is 1. The van der Waals surface area contributed by atoms with Crippen molar-refractivity contribution in [3.8, 4) is 5.75 Å². The zero-order valence-corrected chi connectivity index (χ0v) is 14.0. The van der Waals surface area contributed by atoms with Gasteiger partial charge in [0.05, 0.1) is 6.61 Å². The predicted octanol–water partition coefficient (Wildman–Crippen LogP) is 3.79. The Hall–Kier alpha value is -1.60. The van der Waals surface area contributed by atoms with Crippen molar-refractivity contribution in [1.29, 1.82) is 0 Å². The highest BCUT2D eigenvalue weighted by Crippen LogP contribution is 2.46. The molecule has 2 aromatic rings. The number of rotatable bonds is 5. The highest BCUT2D eigenvalue weighted by molar-refractivity contribution is 7.98. The van der Waals surface area contributed by atoms with E-state index in [0.717, 1.165) is 27.9 Å². The van der Waals surface area contributed by atoms with Gasteiger partial charge in [0.15, 0.2) is 11.9 Å². The number of hydrogen-bond donors (Lipinski definition) is 0. The first-order chi connectivity index (χ1) is 11.8. The number of hydrogen-bond acceptors (Lipinski definition) is 5. The Labute approximate surface area is 143 Å². The molecule has 0 unspecified atom stereocenters. The number of ether oxygens (including phenoxy) is 2. The molecule has 2 heterocycles. The summed E-state index contributed by atoms with van der Waals surface area (Å²) in [5, 5.41) is 9.78. The van der Waals surface area contributed by atoms with Crippen molar-refractivity contribution in [2.75, 3.05) is 6.79 Å². The minimum absolute atomic E-state index is 0.223. The van der Waals surface area contributed by atoms with Crippen molar-refractivity contribution < 1.29 is 13.9 Å². The van der Waals surface area contributed by atoms with E-state index < -0.39 is 0 Å². The Bertz CT molecular complexity index is 786. The minimum Gasteiger partial charge on any atom is -0.467 e. The smallest absolute Gasteiger partial charge is 0.191 e. The largest absolute Gasteiger partial charge is 0.467 e. The summed E-state index contributed by atoms with van der Waals surface area (Å²) in [6.45, 7) is 0.620. The molecule has 0 bridgehead atoms. The van der Waals surface area contributed by atoms with Gasteiger partial charge in [0.25, 0.3) is 0 Å². The zero-order valence-electron chi connectivity index (χ0n) is 13.2. The Balaban J connectivity index is 1.41. The number of benzene rings is 1. The molecule has 2 fully saturated rings. The fourth-order valence-electron chi connectivity index (χ4n) is 3.19. The molecule has 0 radical (unpaired) electrons. The normalized spacial score (nSPS) is 19.9. The first-order valence-corrected chi connectivity index (χ1v) is 9.37. The second-order valence-electron chi connectivity index (χ2n) is 6.67. The van der Waals surface area contributed by atoms with Crippen molar-refractivity contribution in [3.05, 3.63) is 34.9 Å². The van der Waals surface area contributed by atoms with Crippen LogP contribution in [0, 0.1) is 5.82 Å². The Morgan fingerprint density at radius 2 is 2.08 bits per heavy atom. The first-order valence-electron chi connectivity index (χ1n) is 8.39. The number of aromatic nitrogens is 3. The van der Waals surface area contributed by atoms with E-state index in [1.54, 1.807) is 17.8 Å². The second kappa shape index (κ2) is 5.74. The highest BCUT2D eigenvalue weighted by atomic mass is 32.2. The predicted molar refractivity (Wildman–Crippen MR) is 86.5 cm³/mol. The summed E-state index contributed by atoms with van der Waals surface area (Å²) in [5.74, 6) is 2.87. The molecule has 2 aliphatic carbocycles. The van der Waals surface area contributed by atoms with Crippen LogP contribution >= 0.6 is 11.8 Å². The SMILES string of the molecule is Fc1cc2c(c(CSc3nnc(C4CC4)n3C3CC3)c1)OCOC2. The molecule has 24 heavy (non-hydrogen) atoms. The molecule has 1 aliphatic heterocycles. The van der Waals surface area contributed by atoms with Crippen molar-refractivity contribution >= 4 is 11.8 Å². The van der Waals surface area contributed by atoms with Gasteiger partial charge < -0.3 is 14.0 Å². The summed E-state index contributed by atoms with van der Waals surface area (Å²) in [6.07, 6.45) is 4.86. The van der Waals surface area contributed by atoms with Gasteiger partial charge in [-0.1, -0.05) is 11.8 Å². The Kier molecular flexibility index (Phi) is 3.52. The van der Waals surface area contributed by atoms with Crippen LogP contribution < -0.4 is 4.74 Å². The number of halogens is 1. The second-order valence-corrected chi connectivity index (χ2v) is 7.61. The van der Waals surface area contributed by atoms with Gasteiger partial charge in [0, 0.05) is 28.8 Å². The maximum atomic E-state index is 13.9. The van der Waals surface area contributed by atoms with E-state index in [-0.39, 0.29) is 12.6 Å². The number of nitrogens with zero attached hydrogens (tertiary/aromatic N) is 3. The van der Waals surface area contributed by atoms with Crippen molar-refractivity contribution in [3.63, 3.8) is 0 Å². The van der Waals surface area contributed by atoms with Gasteiger partial charge in [-0.05, 0) is 37.8 Å². The quantitative estimate of drug-likeness (QED) is 0.770. The minimum atomic E-state index is -0.249. The van der Waals surface area contributed by atoms with Crippen molar-refractivity contribution in [2.24, 2.45) is 0 Å². The van der Waals surface area contributed by atoms with Gasteiger partial charge in [0.1, 0.15) is 17.4 Å². The molecule has 3 aliphatic rings. The van der Waals surface area contributed by atoms with Crippen LogP contribution in [0.1, 0.15) is 54.6 Å². The van der Waals surface area contributed by atoms with E-state index in [9.17, 15) is 4.39 Å². The molecule has 0 atom stereocenters. The summed E-state index contributed by atoms with van der Waals surface area (Å²) in [6, 6.07) is 3.60. The maximum absolute atomic E-state index is 13.9. The standard InChI is InChI=1S/C17H18FN3O2S/c18-13-5-11-7-22-9-23-15(11)12(6-13)8-24-17-20-19-16(10-1-2-10)21(17)14-3-4-14/h5-6,10,14H,1-4,7-9H2. The third-order valence-corrected chi connectivity index (χ3v) is 5.65. The van der Waals surface area contributed by atoms with Crippen LogP contribution in [0.2, 0.25) is 0 Å². The lowest BCUT2D eigenvalue weighted by atomic mass is 10.1. The average Bonchev–Trinajstić information content (AvgIpc) is 3.51. The molecular weight excluding hydrogens is 329 g/mol. The fraction of sp³-hybridized carbons (Fsp3) is 0.529. The summed E-state index contributed by atoms with van der Waals surface area (Å²) >= 11 is 1.62. The summed E-state index contributed by atoms with van der Waals surface area (Å²) in [5.41, 5.74) is 1.63. The summed E-state index contributed by atoms with van der Waals surface area (Å²) in [4.78, 5) is 0. The third kappa shape index (κ3) is 2.69. The molecule has 0 spiro atoms. The van der Waals surface area contributed by atoms with Crippen LogP contribution in [0.15, 0.2) is 17.3 Å². The molecule has 2 saturated carbocycles. The lowest BCUT2D eigenvalue weighted by Crippen LogP contribution is -2.13. The van der Waals surface area contributed by atoms with Crippen LogP contribution in [0.5, 0.6) is 5.75 Å².